The summed E-state index contributed by atoms with van der Waals surface area (Å²) in [4.78, 5) is 27.3. The summed E-state index contributed by atoms with van der Waals surface area (Å²) in [6.45, 7) is 4.95. The molecule has 2 heterocycles. The molecule has 3 rings (SSSR count). The Hall–Kier alpha value is -2.09. The Morgan fingerprint density at radius 2 is 2.07 bits per heavy atom. The number of nitrogens with zero attached hydrogens (tertiary/aromatic N) is 3. The molecule has 1 aromatic carbocycles. The number of amides is 1. The number of nitrogens with two attached hydrogens (primary N) is 1. The van der Waals surface area contributed by atoms with Crippen LogP contribution in [0.25, 0.3) is 0 Å². The summed E-state index contributed by atoms with van der Waals surface area (Å²) in [7, 11) is 0. The summed E-state index contributed by atoms with van der Waals surface area (Å²) in [6, 6.07) is 4.70. The minimum absolute atomic E-state index is 0.0919. The van der Waals surface area contributed by atoms with Crippen molar-refractivity contribution in [1.82, 2.24) is 14.7 Å². The minimum atomic E-state index is -0.457. The van der Waals surface area contributed by atoms with Gasteiger partial charge in [0, 0.05) is 30.1 Å². The zero-order valence-electron chi connectivity index (χ0n) is 15.7. The predicted octanol–water partition coefficient (Wildman–Crippen LogP) is 2.91. The van der Waals surface area contributed by atoms with Crippen molar-refractivity contribution < 1.29 is 14.3 Å². The van der Waals surface area contributed by atoms with Crippen LogP contribution in [0.1, 0.15) is 46.0 Å². The topological polar surface area (TPSA) is 90.4 Å². The van der Waals surface area contributed by atoms with Crippen LogP contribution in [0.3, 0.4) is 0 Å². The molecule has 0 bridgehead atoms. The van der Waals surface area contributed by atoms with Gasteiger partial charge in [0.15, 0.2) is 5.69 Å². The third-order valence-electron chi connectivity index (χ3n) is 4.72. The summed E-state index contributed by atoms with van der Waals surface area (Å²) in [6.07, 6.45) is 0.534. The summed E-state index contributed by atoms with van der Waals surface area (Å²) >= 11 is 12.0. The molecule has 1 aromatic heterocycles. The monoisotopic (exact) mass is 424 g/mol. The van der Waals surface area contributed by atoms with Gasteiger partial charge in [-0.15, -0.1) is 0 Å². The molecule has 0 unspecified atom stereocenters. The Morgan fingerprint density at radius 1 is 1.32 bits per heavy atom. The Morgan fingerprint density at radius 3 is 2.71 bits per heavy atom. The number of ether oxygens (including phenoxy) is 1. The lowest BCUT2D eigenvalue weighted by molar-refractivity contribution is 0.0502. The smallest absolute Gasteiger partial charge is 0.356 e. The van der Waals surface area contributed by atoms with E-state index in [0.717, 1.165) is 5.69 Å². The van der Waals surface area contributed by atoms with Gasteiger partial charge in [0.1, 0.15) is 0 Å². The van der Waals surface area contributed by atoms with Crippen molar-refractivity contribution in [2.75, 3.05) is 13.2 Å². The van der Waals surface area contributed by atoms with Gasteiger partial charge < -0.3 is 15.4 Å². The van der Waals surface area contributed by atoms with Crippen LogP contribution in [0, 0.1) is 0 Å². The van der Waals surface area contributed by atoms with Gasteiger partial charge >= 0.3 is 5.97 Å². The first kappa shape index (κ1) is 20.6. The van der Waals surface area contributed by atoms with Crippen LogP contribution in [0.4, 0.5) is 0 Å². The van der Waals surface area contributed by atoms with E-state index in [-0.39, 0.29) is 25.1 Å². The van der Waals surface area contributed by atoms with Crippen LogP contribution >= 0.6 is 23.2 Å². The summed E-state index contributed by atoms with van der Waals surface area (Å²) < 4.78 is 6.79. The molecule has 28 heavy (non-hydrogen) atoms. The fourth-order valence-corrected chi connectivity index (χ4v) is 3.67. The van der Waals surface area contributed by atoms with Gasteiger partial charge in [-0.3, -0.25) is 9.48 Å². The highest BCUT2D eigenvalue weighted by Gasteiger charge is 2.34. The van der Waals surface area contributed by atoms with E-state index in [0.29, 0.717) is 46.4 Å². The van der Waals surface area contributed by atoms with Crippen molar-refractivity contribution in [3.8, 4) is 0 Å². The van der Waals surface area contributed by atoms with Gasteiger partial charge in [0.2, 0.25) is 0 Å². The molecule has 0 saturated carbocycles. The highest BCUT2D eigenvalue weighted by atomic mass is 35.5. The first-order chi connectivity index (χ1) is 13.4. The lowest BCUT2D eigenvalue weighted by Crippen LogP contribution is -2.42. The zero-order chi connectivity index (χ0) is 20.4. The second-order valence-corrected chi connectivity index (χ2v) is 7.44. The van der Waals surface area contributed by atoms with Gasteiger partial charge in [-0.1, -0.05) is 23.2 Å². The van der Waals surface area contributed by atoms with Gasteiger partial charge in [0.05, 0.1) is 35.4 Å². The average molecular weight is 425 g/mol. The molecular formula is C19H22Cl2N4O3. The second kappa shape index (κ2) is 8.51. The summed E-state index contributed by atoms with van der Waals surface area (Å²) in [5.41, 5.74) is 7.97. The number of carbonyl (C=O) groups excluding carboxylic acids is 2. The fourth-order valence-electron chi connectivity index (χ4n) is 3.37. The molecule has 1 amide bonds. The lowest BCUT2D eigenvalue weighted by Gasteiger charge is -2.33. The number of fused-ring (bicyclic) bond motifs is 1. The number of aromatic nitrogens is 2. The van der Waals surface area contributed by atoms with E-state index in [9.17, 15) is 9.59 Å². The minimum Gasteiger partial charge on any atom is -0.461 e. The van der Waals surface area contributed by atoms with E-state index >= 15 is 0 Å². The van der Waals surface area contributed by atoms with Crippen LogP contribution in [-0.2, 0) is 24.2 Å². The van der Waals surface area contributed by atoms with E-state index in [1.807, 2.05) is 6.92 Å². The van der Waals surface area contributed by atoms with E-state index in [1.165, 1.54) is 0 Å². The fraction of sp³-hybridized carbons (Fsp3) is 0.421. The van der Waals surface area contributed by atoms with Crippen LogP contribution in [0.2, 0.25) is 10.0 Å². The average Bonchev–Trinajstić information content (AvgIpc) is 3.00. The van der Waals surface area contributed by atoms with Gasteiger partial charge in [0.25, 0.3) is 5.91 Å². The first-order valence-corrected chi connectivity index (χ1v) is 9.84. The van der Waals surface area contributed by atoms with Crippen molar-refractivity contribution in [3.63, 3.8) is 0 Å². The molecule has 2 N–H and O–H groups in total. The zero-order valence-corrected chi connectivity index (χ0v) is 17.3. The molecule has 0 radical (unpaired) electrons. The molecule has 0 aliphatic carbocycles. The van der Waals surface area contributed by atoms with Gasteiger partial charge in [-0.2, -0.15) is 5.10 Å². The standard InChI is InChI=1S/C19H22Cl2N4O3/c1-3-28-19(27)17-13-10-24(11(2)8-16(13)23-25(17)7-6-22)18(26)12-4-5-14(20)15(21)9-12/h4-5,9,11H,3,6-8,10,22H2,1-2H3/t11-/m1/s1. The molecule has 150 valence electrons. The third kappa shape index (κ3) is 3.87. The highest BCUT2D eigenvalue weighted by molar-refractivity contribution is 6.42. The normalized spacial score (nSPS) is 16.0. The number of halogens is 2. The number of hydrogen-bond acceptors (Lipinski definition) is 5. The van der Waals surface area contributed by atoms with E-state index in [1.54, 1.807) is 34.7 Å². The maximum atomic E-state index is 13.1. The van der Waals surface area contributed by atoms with E-state index in [2.05, 4.69) is 5.10 Å². The van der Waals surface area contributed by atoms with Crippen LogP contribution < -0.4 is 5.73 Å². The Balaban J connectivity index is 1.97. The molecule has 2 aromatic rings. The van der Waals surface area contributed by atoms with Gasteiger partial charge in [-0.25, -0.2) is 4.79 Å². The summed E-state index contributed by atoms with van der Waals surface area (Å²) in [5, 5.41) is 5.25. The molecule has 1 atom stereocenters. The third-order valence-corrected chi connectivity index (χ3v) is 5.46. The first-order valence-electron chi connectivity index (χ1n) is 9.09. The molecule has 9 heteroatoms. The highest BCUT2D eigenvalue weighted by Crippen LogP contribution is 2.29. The SMILES string of the molecule is CCOC(=O)c1c2c(nn1CCN)C[C@@H](C)N(C(=O)c1ccc(Cl)c(Cl)c1)C2. The van der Waals surface area contributed by atoms with Crippen LogP contribution in [0.15, 0.2) is 18.2 Å². The van der Waals surface area contributed by atoms with Crippen molar-refractivity contribution in [2.24, 2.45) is 5.73 Å². The van der Waals surface area contributed by atoms with Crippen LogP contribution in [0.5, 0.6) is 0 Å². The Labute approximate surface area is 173 Å². The van der Waals surface area contributed by atoms with E-state index < -0.39 is 5.97 Å². The Bertz CT molecular complexity index is 913. The number of hydrogen-bond donors (Lipinski definition) is 1. The molecule has 7 nitrogen and oxygen atoms in total. The largest absolute Gasteiger partial charge is 0.461 e. The number of rotatable bonds is 5. The quantitative estimate of drug-likeness (QED) is 0.744. The molecule has 1 aliphatic heterocycles. The van der Waals surface area contributed by atoms with E-state index in [4.69, 9.17) is 33.7 Å². The predicted molar refractivity (Wildman–Crippen MR) is 107 cm³/mol. The molecule has 0 fully saturated rings. The summed E-state index contributed by atoms with van der Waals surface area (Å²) in [5.74, 6) is -0.640. The Kier molecular flexibility index (Phi) is 6.27. The van der Waals surface area contributed by atoms with Crippen molar-refractivity contribution in [2.45, 2.75) is 39.4 Å². The second-order valence-electron chi connectivity index (χ2n) is 6.62. The van der Waals surface area contributed by atoms with Gasteiger partial charge in [-0.05, 0) is 32.0 Å². The molecule has 0 spiro atoms. The van der Waals surface area contributed by atoms with Crippen molar-refractivity contribution >= 4 is 35.1 Å². The molecular weight excluding hydrogens is 403 g/mol. The number of benzene rings is 1. The van der Waals surface area contributed by atoms with Crippen molar-refractivity contribution in [3.05, 3.63) is 50.8 Å². The van der Waals surface area contributed by atoms with Crippen LogP contribution in [-0.4, -0.2) is 45.8 Å². The number of carbonyl (C=O) groups is 2. The maximum Gasteiger partial charge on any atom is 0.356 e. The molecule has 0 saturated heterocycles. The molecule has 1 aliphatic rings. The lowest BCUT2D eigenvalue weighted by atomic mass is 9.98. The van der Waals surface area contributed by atoms with Crippen molar-refractivity contribution in [1.29, 1.82) is 0 Å². The number of esters is 1. The maximum absolute atomic E-state index is 13.1.